The van der Waals surface area contributed by atoms with E-state index in [-0.39, 0.29) is 23.7 Å². The predicted molar refractivity (Wildman–Crippen MR) is 120 cm³/mol. The maximum absolute atomic E-state index is 12.9. The molecule has 5 nitrogen and oxygen atoms in total. The van der Waals surface area contributed by atoms with Gasteiger partial charge in [-0.15, -0.1) is 0 Å². The lowest BCUT2D eigenvalue weighted by Gasteiger charge is -2.17. The van der Waals surface area contributed by atoms with E-state index in [0.29, 0.717) is 5.69 Å². The molecule has 1 aliphatic carbocycles. The van der Waals surface area contributed by atoms with E-state index in [1.165, 1.54) is 0 Å². The van der Waals surface area contributed by atoms with E-state index in [2.05, 4.69) is 10.6 Å². The first-order valence-corrected chi connectivity index (χ1v) is 10.3. The van der Waals surface area contributed by atoms with Gasteiger partial charge in [0, 0.05) is 17.3 Å². The summed E-state index contributed by atoms with van der Waals surface area (Å²) in [5.74, 6) is 0.598. The molecule has 3 aromatic carbocycles. The number of hydrogen-bond acceptors (Lipinski definition) is 3. The summed E-state index contributed by atoms with van der Waals surface area (Å²) < 4.78 is 5.28. The van der Waals surface area contributed by atoms with Crippen LogP contribution >= 0.6 is 0 Å². The number of amides is 2. The van der Waals surface area contributed by atoms with Crippen molar-refractivity contribution in [2.24, 2.45) is 5.92 Å². The second kappa shape index (κ2) is 8.19. The largest absolute Gasteiger partial charge is 0.497 e. The molecule has 0 aromatic heterocycles. The van der Waals surface area contributed by atoms with Gasteiger partial charge < -0.3 is 15.4 Å². The van der Waals surface area contributed by atoms with Crippen molar-refractivity contribution < 1.29 is 14.3 Å². The van der Waals surface area contributed by atoms with Gasteiger partial charge in [-0.3, -0.25) is 9.59 Å². The highest BCUT2D eigenvalue weighted by atomic mass is 16.5. The fraction of sp³-hybridized carbons (Fsp3) is 0.280. The van der Waals surface area contributed by atoms with Crippen LogP contribution in [0.4, 0.5) is 11.4 Å². The molecule has 0 saturated heterocycles. The van der Waals surface area contributed by atoms with Gasteiger partial charge in [0.2, 0.25) is 11.8 Å². The Kier molecular flexibility index (Phi) is 5.44. The predicted octanol–water partition coefficient (Wildman–Crippen LogP) is 5.25. The highest BCUT2D eigenvalue weighted by molar-refractivity contribution is 5.99. The summed E-state index contributed by atoms with van der Waals surface area (Å²) in [6, 6.07) is 17.5. The van der Waals surface area contributed by atoms with E-state index >= 15 is 0 Å². The van der Waals surface area contributed by atoms with Crippen LogP contribution < -0.4 is 15.4 Å². The summed E-state index contributed by atoms with van der Waals surface area (Å²) in [6.45, 7) is 3.81. The lowest BCUT2D eigenvalue weighted by molar-refractivity contribution is -0.118. The average Bonchev–Trinajstić information content (AvgIpc) is 3.60. The Morgan fingerprint density at radius 1 is 0.967 bits per heavy atom. The van der Waals surface area contributed by atoms with E-state index in [1.54, 1.807) is 7.11 Å². The molecule has 2 N–H and O–H groups in total. The highest BCUT2D eigenvalue weighted by Crippen LogP contribution is 2.32. The lowest BCUT2D eigenvalue weighted by Crippen LogP contribution is -2.20. The van der Waals surface area contributed by atoms with Crippen LogP contribution in [0.1, 0.15) is 36.8 Å². The Morgan fingerprint density at radius 3 is 2.33 bits per heavy atom. The summed E-state index contributed by atoms with van der Waals surface area (Å²) in [5.41, 5.74) is 3.27. The van der Waals surface area contributed by atoms with Crippen molar-refractivity contribution in [3.63, 3.8) is 0 Å². The van der Waals surface area contributed by atoms with Crippen molar-refractivity contribution in [2.45, 2.75) is 32.6 Å². The molecule has 0 bridgehead atoms. The van der Waals surface area contributed by atoms with Crippen LogP contribution in [0.15, 0.2) is 54.6 Å². The van der Waals surface area contributed by atoms with Gasteiger partial charge in [0.05, 0.1) is 13.0 Å². The Bertz CT molecular complexity index is 1120. The average molecular weight is 402 g/mol. The van der Waals surface area contributed by atoms with E-state index in [0.717, 1.165) is 46.2 Å². The van der Waals surface area contributed by atoms with Crippen molar-refractivity contribution in [1.29, 1.82) is 0 Å². The van der Waals surface area contributed by atoms with Crippen molar-refractivity contribution in [3.8, 4) is 5.75 Å². The van der Waals surface area contributed by atoms with Crippen LogP contribution in [0.25, 0.3) is 10.8 Å². The minimum Gasteiger partial charge on any atom is -0.497 e. The van der Waals surface area contributed by atoms with Crippen molar-refractivity contribution in [1.82, 2.24) is 0 Å². The van der Waals surface area contributed by atoms with E-state index in [9.17, 15) is 9.59 Å². The van der Waals surface area contributed by atoms with Gasteiger partial charge in [-0.05, 0) is 72.9 Å². The molecule has 0 radical (unpaired) electrons. The molecule has 0 aliphatic heterocycles. The van der Waals surface area contributed by atoms with Gasteiger partial charge in [-0.2, -0.15) is 0 Å². The Morgan fingerprint density at radius 2 is 1.63 bits per heavy atom. The smallest absolute Gasteiger partial charge is 0.231 e. The van der Waals surface area contributed by atoms with Crippen LogP contribution in [-0.2, 0) is 9.59 Å². The molecule has 3 aromatic rings. The van der Waals surface area contributed by atoms with E-state index < -0.39 is 0 Å². The van der Waals surface area contributed by atoms with Gasteiger partial charge in [-0.1, -0.05) is 30.3 Å². The number of nitrogens with one attached hydrogen (secondary N) is 2. The normalized spacial score (nSPS) is 14.2. The topological polar surface area (TPSA) is 67.4 Å². The van der Waals surface area contributed by atoms with Crippen LogP contribution in [0.5, 0.6) is 5.75 Å². The number of ether oxygens (including phenoxy) is 1. The third-order valence-corrected chi connectivity index (χ3v) is 5.76. The number of carbonyl (C=O) groups is 2. The van der Waals surface area contributed by atoms with Crippen molar-refractivity contribution in [2.75, 3.05) is 17.7 Å². The molecule has 4 rings (SSSR count). The Labute approximate surface area is 176 Å². The SMILES string of the molecule is COc1ccc2cc([C@H](C)C(=O)Nc3cccc(NC(=O)C4CC4)c3C)ccc2c1. The number of benzene rings is 3. The van der Waals surface area contributed by atoms with E-state index in [1.807, 2.05) is 68.4 Å². The lowest BCUT2D eigenvalue weighted by atomic mass is 9.96. The first-order valence-electron chi connectivity index (χ1n) is 10.3. The third kappa shape index (κ3) is 4.15. The van der Waals surface area contributed by atoms with Crippen LogP contribution in [0.2, 0.25) is 0 Å². The molecule has 0 heterocycles. The van der Waals surface area contributed by atoms with Gasteiger partial charge in [0.25, 0.3) is 0 Å². The third-order valence-electron chi connectivity index (χ3n) is 5.76. The maximum atomic E-state index is 12.9. The number of rotatable bonds is 6. The molecule has 0 spiro atoms. The zero-order valence-electron chi connectivity index (χ0n) is 17.5. The van der Waals surface area contributed by atoms with Gasteiger partial charge >= 0.3 is 0 Å². The molecule has 1 fully saturated rings. The fourth-order valence-corrected chi connectivity index (χ4v) is 3.52. The Balaban J connectivity index is 1.50. The summed E-state index contributed by atoms with van der Waals surface area (Å²) in [5, 5.41) is 8.13. The zero-order valence-corrected chi connectivity index (χ0v) is 17.5. The number of carbonyl (C=O) groups excluding carboxylic acids is 2. The molecule has 1 atom stereocenters. The van der Waals surface area contributed by atoms with Crippen LogP contribution in [-0.4, -0.2) is 18.9 Å². The molecule has 1 aliphatic rings. The monoisotopic (exact) mass is 402 g/mol. The number of methoxy groups -OCH3 is 1. The number of fused-ring (bicyclic) bond motifs is 1. The highest BCUT2D eigenvalue weighted by Gasteiger charge is 2.30. The van der Waals surface area contributed by atoms with Crippen LogP contribution in [0, 0.1) is 12.8 Å². The van der Waals surface area contributed by atoms with Gasteiger partial charge in [-0.25, -0.2) is 0 Å². The summed E-state index contributed by atoms with van der Waals surface area (Å²) >= 11 is 0. The Hall–Kier alpha value is -3.34. The second-order valence-corrected chi connectivity index (χ2v) is 7.93. The minimum atomic E-state index is -0.319. The molecule has 5 heteroatoms. The summed E-state index contributed by atoms with van der Waals surface area (Å²) in [6.07, 6.45) is 1.91. The first-order chi connectivity index (χ1) is 14.5. The minimum absolute atomic E-state index is 0.0581. The fourth-order valence-electron chi connectivity index (χ4n) is 3.52. The second-order valence-electron chi connectivity index (χ2n) is 7.93. The number of anilines is 2. The standard InChI is InChI=1S/C25H26N2O3/c1-15(18-9-10-20-14-21(30-3)12-11-19(20)13-18)24(28)26-22-5-4-6-23(16(22)2)27-25(29)17-7-8-17/h4-6,9-15,17H,7-8H2,1-3H3,(H,26,28)(H,27,29)/t15-/m0/s1. The zero-order chi connectivity index (χ0) is 21.3. The quantitative estimate of drug-likeness (QED) is 0.592. The summed E-state index contributed by atoms with van der Waals surface area (Å²) in [7, 11) is 1.65. The molecular weight excluding hydrogens is 376 g/mol. The van der Waals surface area contributed by atoms with Crippen LogP contribution in [0.3, 0.4) is 0 Å². The van der Waals surface area contributed by atoms with Gasteiger partial charge in [0.1, 0.15) is 5.75 Å². The number of hydrogen-bond donors (Lipinski definition) is 2. The van der Waals surface area contributed by atoms with Gasteiger partial charge in [0.15, 0.2) is 0 Å². The molecule has 1 saturated carbocycles. The van der Waals surface area contributed by atoms with Crippen molar-refractivity contribution >= 4 is 34.0 Å². The molecule has 30 heavy (non-hydrogen) atoms. The summed E-state index contributed by atoms with van der Waals surface area (Å²) in [4.78, 5) is 25.0. The molecule has 154 valence electrons. The molecule has 0 unspecified atom stereocenters. The molecular formula is C25H26N2O3. The van der Waals surface area contributed by atoms with E-state index in [4.69, 9.17) is 4.74 Å². The van der Waals surface area contributed by atoms with Crippen molar-refractivity contribution in [3.05, 3.63) is 65.7 Å². The maximum Gasteiger partial charge on any atom is 0.231 e. The molecule has 2 amide bonds. The first kappa shape index (κ1) is 20.0.